The predicted molar refractivity (Wildman–Crippen MR) is 123 cm³/mol. The van der Waals surface area contributed by atoms with Gasteiger partial charge in [-0.1, -0.05) is 12.1 Å². The summed E-state index contributed by atoms with van der Waals surface area (Å²) in [6.45, 7) is -0.366. The van der Waals surface area contributed by atoms with E-state index >= 15 is 0 Å². The third kappa shape index (κ3) is 5.29. The fourth-order valence-corrected chi connectivity index (χ4v) is 4.66. The molecule has 0 saturated carbocycles. The molecule has 10 heteroatoms. The molecule has 0 bridgehead atoms. The molecule has 0 fully saturated rings. The Balaban J connectivity index is 1.50. The van der Waals surface area contributed by atoms with Crippen LogP contribution in [0.5, 0.6) is 0 Å². The summed E-state index contributed by atoms with van der Waals surface area (Å²) in [4.78, 5) is 16.5. The highest BCUT2D eigenvalue weighted by Crippen LogP contribution is 2.24. The summed E-state index contributed by atoms with van der Waals surface area (Å²) in [5, 5.41) is 2.70. The number of imidazole rings is 1. The lowest BCUT2D eigenvalue weighted by atomic mass is 10.2. The molecule has 1 amide bonds. The van der Waals surface area contributed by atoms with E-state index < -0.39 is 34.1 Å². The molecule has 0 spiro atoms. The Morgan fingerprint density at radius 2 is 1.53 bits per heavy atom. The molecule has 0 saturated heterocycles. The van der Waals surface area contributed by atoms with Gasteiger partial charge >= 0.3 is 0 Å². The van der Waals surface area contributed by atoms with E-state index in [-0.39, 0.29) is 17.1 Å². The number of rotatable bonds is 8. The Kier molecular flexibility index (Phi) is 6.69. The van der Waals surface area contributed by atoms with Crippen LogP contribution in [-0.2, 0) is 21.4 Å². The first-order valence-corrected chi connectivity index (χ1v) is 11.6. The molecule has 4 aromatic rings. The summed E-state index contributed by atoms with van der Waals surface area (Å²) >= 11 is 0. The third-order valence-corrected chi connectivity index (χ3v) is 6.82. The van der Waals surface area contributed by atoms with Crippen molar-refractivity contribution < 1.29 is 22.0 Å². The van der Waals surface area contributed by atoms with Crippen LogP contribution in [0.25, 0.3) is 5.69 Å². The number of halogens is 2. The van der Waals surface area contributed by atoms with Crippen molar-refractivity contribution in [1.29, 1.82) is 0 Å². The van der Waals surface area contributed by atoms with Crippen LogP contribution in [0, 0.1) is 11.6 Å². The maximum atomic E-state index is 13.4. The maximum absolute atomic E-state index is 13.4. The highest BCUT2D eigenvalue weighted by molar-refractivity contribution is 7.92. The zero-order valence-electron chi connectivity index (χ0n) is 17.8. The zero-order valence-corrected chi connectivity index (χ0v) is 18.6. The van der Waals surface area contributed by atoms with Crippen molar-refractivity contribution in [1.82, 2.24) is 14.9 Å². The molecular formula is C24H20F2N4O3S. The van der Waals surface area contributed by atoms with Crippen molar-refractivity contribution in [3.05, 3.63) is 109 Å². The van der Waals surface area contributed by atoms with Gasteiger partial charge in [-0.2, -0.15) is 0 Å². The molecule has 174 valence electrons. The van der Waals surface area contributed by atoms with E-state index in [2.05, 4.69) is 10.3 Å². The number of amides is 1. The van der Waals surface area contributed by atoms with Gasteiger partial charge in [0.1, 0.15) is 18.2 Å². The van der Waals surface area contributed by atoms with Gasteiger partial charge in [0, 0.05) is 24.6 Å². The zero-order chi connectivity index (χ0) is 24.1. The molecule has 1 heterocycles. The standard InChI is InChI=1S/C24H20F2N4O3S/c25-19-3-9-22(10-4-19)30(34(32,33)23-11-5-20(26)6-12-23)16-24(31)28-15-18-1-7-21(8-2-18)29-14-13-27-17-29/h1-14,17H,15-16H2,(H,28,31). The van der Waals surface area contributed by atoms with Crippen molar-refractivity contribution in [2.75, 3.05) is 10.8 Å². The second-order valence-corrected chi connectivity index (χ2v) is 9.22. The van der Waals surface area contributed by atoms with Crippen LogP contribution in [0.15, 0.2) is 96.4 Å². The number of anilines is 1. The van der Waals surface area contributed by atoms with Gasteiger partial charge < -0.3 is 9.88 Å². The first-order chi connectivity index (χ1) is 16.3. The van der Waals surface area contributed by atoms with E-state index in [1.165, 1.54) is 12.1 Å². The maximum Gasteiger partial charge on any atom is 0.264 e. The highest BCUT2D eigenvalue weighted by atomic mass is 32.2. The fourth-order valence-electron chi connectivity index (χ4n) is 3.24. The normalized spacial score (nSPS) is 11.2. The molecule has 0 unspecified atom stereocenters. The Bertz CT molecular complexity index is 1360. The molecule has 0 atom stereocenters. The lowest BCUT2D eigenvalue weighted by molar-refractivity contribution is -0.119. The van der Waals surface area contributed by atoms with E-state index in [1.54, 1.807) is 12.5 Å². The number of carbonyl (C=O) groups is 1. The van der Waals surface area contributed by atoms with Crippen molar-refractivity contribution in [2.24, 2.45) is 0 Å². The van der Waals surface area contributed by atoms with Gasteiger partial charge in [-0.3, -0.25) is 9.10 Å². The third-order valence-electron chi connectivity index (χ3n) is 5.03. The van der Waals surface area contributed by atoms with Crippen LogP contribution >= 0.6 is 0 Å². The Morgan fingerprint density at radius 3 is 2.12 bits per heavy atom. The number of carbonyl (C=O) groups excluding carboxylic acids is 1. The van der Waals surface area contributed by atoms with Crippen molar-refractivity contribution in [3.8, 4) is 5.69 Å². The minimum Gasteiger partial charge on any atom is -0.350 e. The van der Waals surface area contributed by atoms with Crippen LogP contribution in [-0.4, -0.2) is 30.4 Å². The molecule has 0 aliphatic rings. The largest absolute Gasteiger partial charge is 0.350 e. The first kappa shape index (κ1) is 23.1. The minimum absolute atomic E-state index is 0.102. The van der Waals surface area contributed by atoms with Crippen LogP contribution in [0.3, 0.4) is 0 Å². The number of benzene rings is 3. The second kappa shape index (κ2) is 9.84. The average molecular weight is 483 g/mol. The number of nitrogens with one attached hydrogen (secondary N) is 1. The average Bonchev–Trinajstić information content (AvgIpc) is 3.37. The quantitative estimate of drug-likeness (QED) is 0.416. The van der Waals surface area contributed by atoms with Crippen molar-refractivity contribution >= 4 is 21.6 Å². The summed E-state index contributed by atoms with van der Waals surface area (Å²) < 4.78 is 55.8. The molecule has 4 rings (SSSR count). The fraction of sp³-hybridized carbons (Fsp3) is 0.0833. The van der Waals surface area contributed by atoms with Gasteiger partial charge in [0.15, 0.2) is 0 Å². The van der Waals surface area contributed by atoms with Gasteiger partial charge in [0.25, 0.3) is 10.0 Å². The van der Waals surface area contributed by atoms with Gasteiger partial charge in [0.2, 0.25) is 5.91 Å². The Labute approximate surface area is 195 Å². The van der Waals surface area contributed by atoms with E-state index in [4.69, 9.17) is 0 Å². The van der Waals surface area contributed by atoms with E-state index in [0.29, 0.717) is 0 Å². The number of nitrogens with zero attached hydrogens (tertiary/aromatic N) is 3. The lowest BCUT2D eigenvalue weighted by Crippen LogP contribution is -2.40. The summed E-state index contributed by atoms with van der Waals surface area (Å²) in [6.07, 6.45) is 5.14. The molecule has 0 radical (unpaired) electrons. The number of aromatic nitrogens is 2. The molecule has 0 aliphatic heterocycles. The Hall–Kier alpha value is -4.05. The number of hydrogen-bond donors (Lipinski definition) is 1. The van der Waals surface area contributed by atoms with Gasteiger partial charge in [-0.25, -0.2) is 22.2 Å². The molecule has 0 aliphatic carbocycles. The van der Waals surface area contributed by atoms with Crippen molar-refractivity contribution in [3.63, 3.8) is 0 Å². The summed E-state index contributed by atoms with van der Waals surface area (Å²) in [5.41, 5.74) is 1.82. The number of sulfonamides is 1. The van der Waals surface area contributed by atoms with Crippen LogP contribution in [0.4, 0.5) is 14.5 Å². The second-order valence-electron chi connectivity index (χ2n) is 7.36. The molecular weight excluding hydrogens is 462 g/mol. The highest BCUT2D eigenvalue weighted by Gasteiger charge is 2.27. The smallest absolute Gasteiger partial charge is 0.264 e. The molecule has 34 heavy (non-hydrogen) atoms. The van der Waals surface area contributed by atoms with Gasteiger partial charge in [-0.15, -0.1) is 0 Å². The van der Waals surface area contributed by atoms with Gasteiger partial charge in [-0.05, 0) is 66.2 Å². The molecule has 1 N–H and O–H groups in total. The summed E-state index contributed by atoms with van der Waals surface area (Å²) in [6, 6.07) is 16.4. The van der Waals surface area contributed by atoms with E-state index in [1.807, 2.05) is 35.0 Å². The van der Waals surface area contributed by atoms with E-state index in [0.717, 1.165) is 52.0 Å². The van der Waals surface area contributed by atoms with Crippen LogP contribution in [0.1, 0.15) is 5.56 Å². The monoisotopic (exact) mass is 482 g/mol. The lowest BCUT2D eigenvalue weighted by Gasteiger charge is -2.24. The number of hydrogen-bond acceptors (Lipinski definition) is 4. The molecule has 1 aromatic heterocycles. The SMILES string of the molecule is O=C(CN(c1ccc(F)cc1)S(=O)(=O)c1ccc(F)cc1)NCc1ccc(-n2ccnc2)cc1. The topological polar surface area (TPSA) is 84.3 Å². The first-order valence-electron chi connectivity index (χ1n) is 10.2. The molecule has 3 aromatic carbocycles. The van der Waals surface area contributed by atoms with Crippen LogP contribution < -0.4 is 9.62 Å². The van der Waals surface area contributed by atoms with Crippen molar-refractivity contribution in [2.45, 2.75) is 11.4 Å². The van der Waals surface area contributed by atoms with Crippen LogP contribution in [0.2, 0.25) is 0 Å². The Morgan fingerprint density at radius 1 is 0.912 bits per heavy atom. The van der Waals surface area contributed by atoms with E-state index in [9.17, 15) is 22.0 Å². The van der Waals surface area contributed by atoms with Gasteiger partial charge in [0.05, 0.1) is 16.9 Å². The minimum atomic E-state index is -4.22. The summed E-state index contributed by atoms with van der Waals surface area (Å²) in [5.74, 6) is -1.70. The molecule has 7 nitrogen and oxygen atoms in total. The predicted octanol–water partition coefficient (Wildman–Crippen LogP) is 3.66. The summed E-state index contributed by atoms with van der Waals surface area (Å²) in [7, 11) is -4.22.